The molecule has 2 nitrogen and oxygen atoms in total. The summed E-state index contributed by atoms with van der Waals surface area (Å²) >= 11 is 0. The van der Waals surface area contributed by atoms with Gasteiger partial charge in [-0.1, -0.05) is 42.5 Å². The molecule has 1 N–H and O–H groups in total. The molecule has 0 unspecified atom stereocenters. The number of rotatable bonds is 3. The monoisotopic (exact) mass is 218 g/mol. The number of aliphatic hydroxyl groups excluding tert-OH is 1. The second-order valence-corrected chi connectivity index (χ2v) is 4.23. The van der Waals surface area contributed by atoms with Crippen LogP contribution < -0.4 is 0 Å². The highest BCUT2D eigenvalue weighted by Gasteiger charge is 2.19. The molecule has 1 saturated heterocycles. The van der Waals surface area contributed by atoms with E-state index in [9.17, 15) is 0 Å². The number of hydrogen-bond acceptors (Lipinski definition) is 2. The zero-order valence-corrected chi connectivity index (χ0v) is 9.38. The van der Waals surface area contributed by atoms with Gasteiger partial charge in [0.2, 0.25) is 0 Å². The van der Waals surface area contributed by atoms with Gasteiger partial charge in [0.1, 0.15) is 0 Å². The fourth-order valence-electron chi connectivity index (χ4n) is 2.02. The van der Waals surface area contributed by atoms with Crippen LogP contribution in [0.1, 0.15) is 18.4 Å². The third-order valence-electron chi connectivity index (χ3n) is 2.97. The van der Waals surface area contributed by atoms with Crippen LogP contribution >= 0.6 is 0 Å². The predicted molar refractivity (Wildman–Crippen MR) is 65.0 cm³/mol. The molecule has 0 spiro atoms. The van der Waals surface area contributed by atoms with Crippen molar-refractivity contribution < 1.29 is 9.84 Å². The van der Waals surface area contributed by atoms with E-state index in [4.69, 9.17) is 9.84 Å². The van der Waals surface area contributed by atoms with Gasteiger partial charge in [0.25, 0.3) is 0 Å². The van der Waals surface area contributed by atoms with Crippen molar-refractivity contribution in [2.75, 3.05) is 13.2 Å². The van der Waals surface area contributed by atoms with Gasteiger partial charge in [0, 0.05) is 6.61 Å². The molecule has 1 fully saturated rings. The number of ether oxygens (including phenoxy) is 1. The normalized spacial score (nSPS) is 26.1. The van der Waals surface area contributed by atoms with E-state index in [1.165, 1.54) is 5.56 Å². The van der Waals surface area contributed by atoms with Gasteiger partial charge in [0.05, 0.1) is 12.7 Å². The zero-order valence-electron chi connectivity index (χ0n) is 9.38. The van der Waals surface area contributed by atoms with Crippen LogP contribution in [0.3, 0.4) is 0 Å². The molecule has 1 heterocycles. The molecule has 1 aliphatic rings. The fourth-order valence-corrected chi connectivity index (χ4v) is 2.02. The van der Waals surface area contributed by atoms with Gasteiger partial charge >= 0.3 is 0 Å². The second-order valence-electron chi connectivity index (χ2n) is 4.23. The minimum absolute atomic E-state index is 0.0270. The third kappa shape index (κ3) is 3.19. The smallest absolute Gasteiger partial charge is 0.0811 e. The Bertz CT molecular complexity index is 332. The van der Waals surface area contributed by atoms with E-state index in [1.807, 2.05) is 18.2 Å². The van der Waals surface area contributed by atoms with Crippen molar-refractivity contribution in [3.8, 4) is 0 Å². The summed E-state index contributed by atoms with van der Waals surface area (Å²) in [6.07, 6.45) is 6.41. The maximum Gasteiger partial charge on any atom is 0.0811 e. The van der Waals surface area contributed by atoms with Crippen molar-refractivity contribution in [3.63, 3.8) is 0 Å². The molecule has 1 aromatic carbocycles. The summed E-state index contributed by atoms with van der Waals surface area (Å²) < 4.78 is 5.43. The third-order valence-corrected chi connectivity index (χ3v) is 2.97. The van der Waals surface area contributed by atoms with Crippen molar-refractivity contribution in [1.29, 1.82) is 0 Å². The minimum atomic E-state index is 0.0270. The van der Waals surface area contributed by atoms with Gasteiger partial charge in [0.15, 0.2) is 0 Å². The van der Waals surface area contributed by atoms with Crippen LogP contribution in [-0.4, -0.2) is 24.4 Å². The number of aliphatic hydroxyl groups is 1. The first-order valence-corrected chi connectivity index (χ1v) is 5.84. The Morgan fingerprint density at radius 2 is 2.12 bits per heavy atom. The molecule has 0 saturated carbocycles. The van der Waals surface area contributed by atoms with Crippen LogP contribution in [0.5, 0.6) is 0 Å². The van der Waals surface area contributed by atoms with Crippen LogP contribution in [0.2, 0.25) is 0 Å². The van der Waals surface area contributed by atoms with Crippen molar-refractivity contribution in [3.05, 3.63) is 42.0 Å². The average Bonchev–Trinajstić information content (AvgIpc) is 2.38. The lowest BCUT2D eigenvalue weighted by atomic mass is 9.95. The summed E-state index contributed by atoms with van der Waals surface area (Å²) in [5, 5.41) is 9.04. The van der Waals surface area contributed by atoms with Crippen molar-refractivity contribution in [2.45, 2.75) is 18.9 Å². The lowest BCUT2D eigenvalue weighted by molar-refractivity contribution is -0.0297. The maximum atomic E-state index is 9.04. The molecule has 86 valence electrons. The Balaban J connectivity index is 1.91. The minimum Gasteiger partial charge on any atom is -0.394 e. The maximum absolute atomic E-state index is 9.04. The van der Waals surface area contributed by atoms with Crippen molar-refractivity contribution in [2.24, 2.45) is 5.92 Å². The van der Waals surface area contributed by atoms with Crippen molar-refractivity contribution >= 4 is 6.08 Å². The van der Waals surface area contributed by atoms with Crippen molar-refractivity contribution in [1.82, 2.24) is 0 Å². The fraction of sp³-hybridized carbons (Fsp3) is 0.429. The van der Waals surface area contributed by atoms with E-state index in [0.29, 0.717) is 5.92 Å². The number of benzene rings is 1. The summed E-state index contributed by atoms with van der Waals surface area (Å²) in [5.74, 6) is 0.533. The largest absolute Gasteiger partial charge is 0.394 e. The molecular formula is C14H18O2. The summed E-state index contributed by atoms with van der Waals surface area (Å²) in [6, 6.07) is 10.3. The first-order chi connectivity index (χ1) is 7.88. The van der Waals surface area contributed by atoms with E-state index >= 15 is 0 Å². The highest BCUT2D eigenvalue weighted by atomic mass is 16.5. The van der Waals surface area contributed by atoms with E-state index < -0.39 is 0 Å². The molecule has 16 heavy (non-hydrogen) atoms. The van der Waals surface area contributed by atoms with Crippen LogP contribution in [0.15, 0.2) is 36.4 Å². The Hall–Kier alpha value is -1.12. The summed E-state index contributed by atoms with van der Waals surface area (Å²) in [5.41, 5.74) is 1.23. The lowest BCUT2D eigenvalue weighted by Gasteiger charge is -2.26. The molecule has 0 amide bonds. The summed E-state index contributed by atoms with van der Waals surface area (Å²) in [4.78, 5) is 0. The molecular weight excluding hydrogens is 200 g/mol. The highest BCUT2D eigenvalue weighted by molar-refractivity contribution is 5.48. The quantitative estimate of drug-likeness (QED) is 0.844. The van der Waals surface area contributed by atoms with Crippen LogP contribution in [0, 0.1) is 5.92 Å². The summed E-state index contributed by atoms with van der Waals surface area (Å²) in [6.45, 7) is 0.894. The molecule has 2 rings (SSSR count). The van der Waals surface area contributed by atoms with Gasteiger partial charge in [-0.15, -0.1) is 0 Å². The predicted octanol–water partition coefficient (Wildman–Crippen LogP) is 2.49. The molecule has 0 bridgehead atoms. The van der Waals surface area contributed by atoms with E-state index in [0.717, 1.165) is 19.4 Å². The van der Waals surface area contributed by atoms with Gasteiger partial charge in [-0.05, 0) is 24.3 Å². The van der Waals surface area contributed by atoms with E-state index in [2.05, 4.69) is 24.3 Å². The Kier molecular flexibility index (Phi) is 4.14. The van der Waals surface area contributed by atoms with Gasteiger partial charge in [-0.3, -0.25) is 0 Å². The standard InChI is InChI=1S/C14H18O2/c15-11-14-10-13(8-9-16-14)7-6-12-4-2-1-3-5-12/h1-7,13-15H,8-11H2/b7-6+/t13-,14-/m0/s1. The molecule has 2 atom stereocenters. The SMILES string of the molecule is OC[C@@H]1C[C@@H](/C=C/c2ccccc2)CCO1. The lowest BCUT2D eigenvalue weighted by Crippen LogP contribution is -2.27. The highest BCUT2D eigenvalue weighted by Crippen LogP contribution is 2.22. The van der Waals surface area contributed by atoms with E-state index in [1.54, 1.807) is 0 Å². The molecule has 0 aromatic heterocycles. The average molecular weight is 218 g/mol. The molecule has 1 aromatic rings. The summed E-state index contributed by atoms with van der Waals surface area (Å²) in [7, 11) is 0. The molecule has 0 aliphatic carbocycles. The van der Waals surface area contributed by atoms with Gasteiger partial charge < -0.3 is 9.84 Å². The molecule has 1 aliphatic heterocycles. The Morgan fingerprint density at radius 1 is 1.31 bits per heavy atom. The van der Waals surface area contributed by atoms with Crippen LogP contribution in [-0.2, 0) is 4.74 Å². The van der Waals surface area contributed by atoms with Gasteiger partial charge in [-0.2, -0.15) is 0 Å². The molecule has 0 radical (unpaired) electrons. The zero-order chi connectivity index (χ0) is 11.2. The second kappa shape index (κ2) is 5.83. The number of hydrogen-bond donors (Lipinski definition) is 1. The topological polar surface area (TPSA) is 29.5 Å². The van der Waals surface area contributed by atoms with Gasteiger partial charge in [-0.25, -0.2) is 0 Å². The number of allylic oxidation sites excluding steroid dienone is 1. The van der Waals surface area contributed by atoms with Crippen LogP contribution in [0.4, 0.5) is 0 Å². The molecule has 2 heteroatoms. The van der Waals surface area contributed by atoms with E-state index in [-0.39, 0.29) is 12.7 Å². The van der Waals surface area contributed by atoms with Crippen LogP contribution in [0.25, 0.3) is 6.08 Å². The Labute approximate surface area is 96.6 Å². The first-order valence-electron chi connectivity index (χ1n) is 5.84. The Morgan fingerprint density at radius 3 is 2.88 bits per heavy atom. The first kappa shape index (κ1) is 11.4.